The topological polar surface area (TPSA) is 55.8 Å². The Labute approximate surface area is 105 Å². The van der Waals surface area contributed by atoms with Crippen LogP contribution in [0.15, 0.2) is 24.3 Å². The third-order valence-electron chi connectivity index (χ3n) is 2.17. The Hall–Kier alpha value is -1.26. The molecule has 17 heavy (non-hydrogen) atoms. The van der Waals surface area contributed by atoms with E-state index >= 15 is 0 Å². The highest BCUT2D eigenvalue weighted by Crippen LogP contribution is 2.13. The van der Waals surface area contributed by atoms with Gasteiger partial charge in [-0.3, -0.25) is 0 Å². The van der Waals surface area contributed by atoms with Crippen LogP contribution in [0.3, 0.4) is 0 Å². The lowest BCUT2D eigenvalue weighted by molar-refractivity contribution is -0.150. The molecule has 1 aromatic rings. The number of carbonyl (C=O) groups is 1. The smallest absolute Gasteiger partial charge is 0.335 e. The summed E-state index contributed by atoms with van der Waals surface area (Å²) < 4.78 is 9.73. The predicted molar refractivity (Wildman–Crippen MR) is 64.4 cm³/mol. The molecule has 0 aliphatic carbocycles. The van der Waals surface area contributed by atoms with Crippen molar-refractivity contribution in [3.05, 3.63) is 29.8 Å². The lowest BCUT2D eigenvalue weighted by Crippen LogP contribution is -2.24. The minimum Gasteiger partial charge on any atom is -0.492 e. The minimum absolute atomic E-state index is 0.225. The second kappa shape index (κ2) is 7.14. The number of rotatable bonds is 6. The van der Waals surface area contributed by atoms with E-state index in [4.69, 9.17) is 16.3 Å². The molecular formula is C12H15ClO4. The van der Waals surface area contributed by atoms with Crippen molar-refractivity contribution in [1.82, 2.24) is 0 Å². The molecule has 5 heteroatoms. The second-order valence-electron chi connectivity index (χ2n) is 3.42. The molecule has 1 N–H and O–H groups in total. The molecule has 94 valence electrons. The second-order valence-corrected chi connectivity index (χ2v) is 3.80. The highest BCUT2D eigenvalue weighted by atomic mass is 35.5. The van der Waals surface area contributed by atoms with Crippen LogP contribution < -0.4 is 4.74 Å². The minimum atomic E-state index is -1.13. The van der Waals surface area contributed by atoms with Crippen LogP contribution in [0, 0.1) is 0 Å². The number of alkyl halides is 1. The number of aliphatic hydroxyl groups excluding tert-OH is 1. The van der Waals surface area contributed by atoms with Crippen LogP contribution in [0.4, 0.5) is 0 Å². The molecule has 0 aliphatic rings. The van der Waals surface area contributed by atoms with Gasteiger partial charge in [0.25, 0.3) is 0 Å². The number of halogens is 1. The summed E-state index contributed by atoms with van der Waals surface area (Å²) in [5, 5.41) is 9.46. The zero-order valence-corrected chi connectivity index (χ0v) is 10.3. The Kier molecular flexibility index (Phi) is 5.80. The molecule has 0 bridgehead atoms. The normalized spacial score (nSPS) is 11.9. The molecule has 0 amide bonds. The van der Waals surface area contributed by atoms with Crippen LogP contribution in [-0.4, -0.2) is 36.8 Å². The van der Waals surface area contributed by atoms with Crippen LogP contribution in [0.1, 0.15) is 5.56 Å². The van der Waals surface area contributed by atoms with Gasteiger partial charge in [0.15, 0.2) is 6.10 Å². The molecule has 0 spiro atoms. The maximum atomic E-state index is 11.0. The third-order valence-corrected chi connectivity index (χ3v) is 2.33. The monoisotopic (exact) mass is 258 g/mol. The van der Waals surface area contributed by atoms with E-state index in [2.05, 4.69) is 4.74 Å². The fraction of sp³-hybridized carbons (Fsp3) is 0.417. The number of methoxy groups -OCH3 is 1. The van der Waals surface area contributed by atoms with E-state index in [-0.39, 0.29) is 6.42 Å². The van der Waals surface area contributed by atoms with Crippen molar-refractivity contribution in [2.75, 3.05) is 19.6 Å². The number of carbonyl (C=O) groups excluding carboxylic acids is 1. The summed E-state index contributed by atoms with van der Waals surface area (Å²) in [5.41, 5.74) is 0.834. The van der Waals surface area contributed by atoms with E-state index in [9.17, 15) is 9.90 Å². The van der Waals surface area contributed by atoms with Gasteiger partial charge in [-0.05, 0) is 17.7 Å². The van der Waals surface area contributed by atoms with Gasteiger partial charge in [-0.25, -0.2) is 4.79 Å². The molecule has 1 atom stereocenters. The van der Waals surface area contributed by atoms with Crippen LogP contribution in [-0.2, 0) is 16.0 Å². The Morgan fingerprint density at radius 2 is 2.06 bits per heavy atom. The largest absolute Gasteiger partial charge is 0.492 e. The lowest BCUT2D eigenvalue weighted by atomic mass is 10.1. The van der Waals surface area contributed by atoms with E-state index in [0.717, 1.165) is 5.56 Å². The van der Waals surface area contributed by atoms with Gasteiger partial charge in [0, 0.05) is 6.42 Å². The zero-order chi connectivity index (χ0) is 12.7. The van der Waals surface area contributed by atoms with Crippen molar-refractivity contribution in [2.24, 2.45) is 0 Å². The van der Waals surface area contributed by atoms with E-state index in [0.29, 0.717) is 18.2 Å². The van der Waals surface area contributed by atoms with Crippen molar-refractivity contribution in [3.8, 4) is 5.75 Å². The van der Waals surface area contributed by atoms with Crippen LogP contribution in [0.5, 0.6) is 5.75 Å². The van der Waals surface area contributed by atoms with Crippen LogP contribution in [0.25, 0.3) is 0 Å². The Balaban J connectivity index is 2.53. The van der Waals surface area contributed by atoms with Gasteiger partial charge in [0.1, 0.15) is 12.4 Å². The highest BCUT2D eigenvalue weighted by molar-refractivity contribution is 6.18. The fourth-order valence-corrected chi connectivity index (χ4v) is 1.40. The molecule has 1 unspecified atom stereocenters. The number of hydrogen-bond acceptors (Lipinski definition) is 4. The molecule has 0 saturated carbocycles. The maximum Gasteiger partial charge on any atom is 0.335 e. The van der Waals surface area contributed by atoms with Crippen LogP contribution >= 0.6 is 11.6 Å². The first kappa shape index (κ1) is 13.8. The van der Waals surface area contributed by atoms with Gasteiger partial charge in [0.2, 0.25) is 0 Å². The van der Waals surface area contributed by atoms with Crippen molar-refractivity contribution >= 4 is 17.6 Å². The third kappa shape index (κ3) is 4.63. The zero-order valence-electron chi connectivity index (χ0n) is 9.56. The Bertz CT molecular complexity index is 350. The molecule has 0 heterocycles. The SMILES string of the molecule is COC(=O)C(O)Cc1ccc(OCCCl)cc1. The summed E-state index contributed by atoms with van der Waals surface area (Å²) in [6.07, 6.45) is -0.905. The van der Waals surface area contributed by atoms with Gasteiger partial charge in [-0.2, -0.15) is 0 Å². The summed E-state index contributed by atoms with van der Waals surface area (Å²) in [6, 6.07) is 7.11. The van der Waals surface area contributed by atoms with Gasteiger partial charge in [-0.15, -0.1) is 11.6 Å². The Morgan fingerprint density at radius 1 is 1.41 bits per heavy atom. The molecule has 4 nitrogen and oxygen atoms in total. The van der Waals surface area contributed by atoms with Gasteiger partial charge in [0.05, 0.1) is 13.0 Å². The molecule has 0 aliphatic heterocycles. The average molecular weight is 259 g/mol. The molecular weight excluding hydrogens is 244 g/mol. The van der Waals surface area contributed by atoms with Gasteiger partial charge < -0.3 is 14.6 Å². The molecule has 0 radical (unpaired) electrons. The molecule has 0 saturated heterocycles. The summed E-state index contributed by atoms with van der Waals surface area (Å²) in [4.78, 5) is 11.0. The summed E-state index contributed by atoms with van der Waals surface area (Å²) in [6.45, 7) is 0.450. The lowest BCUT2D eigenvalue weighted by Gasteiger charge is -2.09. The fourth-order valence-electron chi connectivity index (χ4n) is 1.32. The number of aliphatic hydroxyl groups is 1. The standard InChI is InChI=1S/C12H15ClO4/c1-16-12(15)11(14)8-9-2-4-10(5-3-9)17-7-6-13/h2-5,11,14H,6-8H2,1H3. The quantitative estimate of drug-likeness (QED) is 0.619. The molecule has 0 aromatic heterocycles. The van der Waals surface area contributed by atoms with Crippen LogP contribution in [0.2, 0.25) is 0 Å². The molecule has 1 rings (SSSR count). The van der Waals surface area contributed by atoms with Gasteiger partial charge in [-0.1, -0.05) is 12.1 Å². The number of hydrogen-bond donors (Lipinski definition) is 1. The first-order valence-corrected chi connectivity index (χ1v) is 5.74. The maximum absolute atomic E-state index is 11.0. The number of ether oxygens (including phenoxy) is 2. The van der Waals surface area contributed by atoms with Crippen molar-refractivity contribution in [1.29, 1.82) is 0 Å². The number of benzene rings is 1. The first-order chi connectivity index (χ1) is 8.17. The van der Waals surface area contributed by atoms with Gasteiger partial charge >= 0.3 is 5.97 Å². The van der Waals surface area contributed by atoms with Crippen molar-refractivity contribution in [3.63, 3.8) is 0 Å². The average Bonchev–Trinajstić information content (AvgIpc) is 2.37. The predicted octanol–water partition coefficient (Wildman–Crippen LogP) is 1.38. The summed E-state index contributed by atoms with van der Waals surface area (Å²) >= 11 is 5.49. The van der Waals surface area contributed by atoms with E-state index in [1.54, 1.807) is 24.3 Å². The van der Waals surface area contributed by atoms with E-state index < -0.39 is 12.1 Å². The summed E-state index contributed by atoms with van der Waals surface area (Å²) in [5.74, 6) is 0.512. The van der Waals surface area contributed by atoms with Crippen molar-refractivity contribution in [2.45, 2.75) is 12.5 Å². The van der Waals surface area contributed by atoms with E-state index in [1.165, 1.54) is 7.11 Å². The highest BCUT2D eigenvalue weighted by Gasteiger charge is 2.15. The molecule has 0 fully saturated rings. The van der Waals surface area contributed by atoms with E-state index in [1.807, 2.05) is 0 Å². The molecule has 1 aromatic carbocycles. The first-order valence-electron chi connectivity index (χ1n) is 5.21. The summed E-state index contributed by atoms with van der Waals surface area (Å²) in [7, 11) is 1.24. The Morgan fingerprint density at radius 3 is 2.59 bits per heavy atom. The van der Waals surface area contributed by atoms with Crippen molar-refractivity contribution < 1.29 is 19.4 Å². The number of esters is 1.